The van der Waals surface area contributed by atoms with Crippen LogP contribution in [0.4, 0.5) is 5.13 Å². The van der Waals surface area contributed by atoms with E-state index in [2.05, 4.69) is 24.1 Å². The van der Waals surface area contributed by atoms with Crippen molar-refractivity contribution in [2.24, 2.45) is 0 Å². The molecule has 4 nitrogen and oxygen atoms in total. The van der Waals surface area contributed by atoms with Gasteiger partial charge in [-0.3, -0.25) is 10.1 Å². The molecule has 0 saturated carbocycles. The highest BCUT2D eigenvalue weighted by molar-refractivity contribution is 7.15. The maximum absolute atomic E-state index is 12.5. The van der Waals surface area contributed by atoms with Gasteiger partial charge in [0.05, 0.1) is 0 Å². The van der Waals surface area contributed by atoms with Crippen LogP contribution in [0.25, 0.3) is 6.08 Å². The number of nitriles is 1. The minimum Gasteiger partial charge on any atom is -0.297 e. The quantitative estimate of drug-likeness (QED) is 0.331. The molecule has 7 heteroatoms. The zero-order chi connectivity index (χ0) is 21.7. The first-order valence-corrected chi connectivity index (χ1v) is 10.8. The number of halogens is 2. The van der Waals surface area contributed by atoms with E-state index in [4.69, 9.17) is 23.2 Å². The normalized spacial score (nSPS) is 11.4. The lowest BCUT2D eigenvalue weighted by Gasteiger charge is -2.05. The van der Waals surface area contributed by atoms with Crippen molar-refractivity contribution in [3.05, 3.63) is 85.8 Å². The number of nitrogens with zero attached hydrogens (tertiary/aromatic N) is 2. The maximum atomic E-state index is 12.5. The largest absolute Gasteiger partial charge is 0.297 e. The van der Waals surface area contributed by atoms with E-state index >= 15 is 0 Å². The van der Waals surface area contributed by atoms with Crippen LogP contribution < -0.4 is 5.32 Å². The Morgan fingerprint density at radius 2 is 1.97 bits per heavy atom. The van der Waals surface area contributed by atoms with E-state index in [0.717, 1.165) is 16.0 Å². The predicted molar refractivity (Wildman–Crippen MR) is 124 cm³/mol. The molecule has 0 unspecified atom stereocenters. The number of carbonyl (C=O) groups is 1. The molecule has 0 radical (unpaired) electrons. The van der Waals surface area contributed by atoms with Crippen LogP contribution in [0.1, 0.15) is 41.3 Å². The Bertz CT molecular complexity index is 1130. The average Bonchev–Trinajstić information content (AvgIpc) is 3.15. The fourth-order valence-corrected chi connectivity index (χ4v) is 3.98. The van der Waals surface area contributed by atoms with Crippen LogP contribution in [0, 0.1) is 11.3 Å². The second-order valence-corrected chi connectivity index (χ2v) is 8.95. The number of aromatic nitrogens is 1. The van der Waals surface area contributed by atoms with Gasteiger partial charge in [0.2, 0.25) is 0 Å². The third-order valence-corrected chi connectivity index (χ3v) is 5.94. The van der Waals surface area contributed by atoms with Gasteiger partial charge in [-0.25, -0.2) is 4.98 Å². The first-order chi connectivity index (χ1) is 14.4. The van der Waals surface area contributed by atoms with E-state index in [0.29, 0.717) is 27.5 Å². The molecule has 30 heavy (non-hydrogen) atoms. The molecule has 0 bridgehead atoms. The molecule has 1 amide bonds. The molecule has 0 aliphatic heterocycles. The van der Waals surface area contributed by atoms with E-state index in [1.165, 1.54) is 16.9 Å². The van der Waals surface area contributed by atoms with E-state index in [-0.39, 0.29) is 5.57 Å². The van der Waals surface area contributed by atoms with Crippen LogP contribution in [-0.4, -0.2) is 10.9 Å². The highest BCUT2D eigenvalue weighted by atomic mass is 35.5. The molecule has 0 spiro atoms. The Balaban J connectivity index is 1.70. The summed E-state index contributed by atoms with van der Waals surface area (Å²) < 4.78 is 0. The number of anilines is 1. The van der Waals surface area contributed by atoms with Crippen molar-refractivity contribution in [2.45, 2.75) is 26.2 Å². The lowest BCUT2D eigenvalue weighted by molar-refractivity contribution is -0.112. The van der Waals surface area contributed by atoms with E-state index < -0.39 is 5.91 Å². The Morgan fingerprint density at radius 1 is 1.23 bits per heavy atom. The molecule has 3 rings (SSSR count). The molecule has 0 aliphatic carbocycles. The number of rotatable bonds is 6. The highest BCUT2D eigenvalue weighted by Crippen LogP contribution is 2.27. The van der Waals surface area contributed by atoms with Crippen LogP contribution >= 0.6 is 34.5 Å². The lowest BCUT2D eigenvalue weighted by Crippen LogP contribution is -2.13. The van der Waals surface area contributed by atoms with Gasteiger partial charge in [0.15, 0.2) is 5.13 Å². The minimum atomic E-state index is -0.493. The number of benzene rings is 2. The first kappa shape index (κ1) is 22.0. The second kappa shape index (κ2) is 9.90. The number of nitrogens with one attached hydrogen (secondary N) is 1. The molecular weight excluding hydrogens is 437 g/mol. The predicted octanol–water partition coefficient (Wildman–Crippen LogP) is 6.71. The van der Waals surface area contributed by atoms with E-state index in [9.17, 15) is 10.1 Å². The molecule has 0 fully saturated rings. The molecule has 0 atom stereocenters. The van der Waals surface area contributed by atoms with Gasteiger partial charge < -0.3 is 0 Å². The first-order valence-electron chi connectivity index (χ1n) is 9.27. The second-order valence-electron chi connectivity index (χ2n) is 6.99. The zero-order valence-electron chi connectivity index (χ0n) is 16.4. The molecule has 1 heterocycles. The van der Waals surface area contributed by atoms with Gasteiger partial charge in [0, 0.05) is 27.5 Å². The summed E-state index contributed by atoms with van der Waals surface area (Å²) in [6.07, 6.45) is 3.80. The summed E-state index contributed by atoms with van der Waals surface area (Å²) in [5, 5.41) is 13.8. The van der Waals surface area contributed by atoms with Crippen LogP contribution in [0.3, 0.4) is 0 Å². The third-order valence-electron chi connectivity index (χ3n) is 4.43. The number of hydrogen-bond acceptors (Lipinski definition) is 4. The molecule has 2 aromatic carbocycles. The zero-order valence-corrected chi connectivity index (χ0v) is 18.8. The third kappa shape index (κ3) is 5.70. The van der Waals surface area contributed by atoms with Crippen molar-refractivity contribution >= 4 is 51.7 Å². The number of thiazole rings is 1. The maximum Gasteiger partial charge on any atom is 0.268 e. The molecule has 1 N–H and O–H groups in total. The van der Waals surface area contributed by atoms with Gasteiger partial charge in [-0.15, -0.1) is 11.3 Å². The molecule has 0 aliphatic rings. The van der Waals surface area contributed by atoms with Crippen molar-refractivity contribution in [1.82, 2.24) is 4.98 Å². The smallest absolute Gasteiger partial charge is 0.268 e. The van der Waals surface area contributed by atoms with Gasteiger partial charge in [-0.05, 0) is 46.9 Å². The van der Waals surface area contributed by atoms with Gasteiger partial charge in [0.1, 0.15) is 11.6 Å². The summed E-state index contributed by atoms with van der Waals surface area (Å²) in [6, 6.07) is 15.0. The monoisotopic (exact) mass is 455 g/mol. The summed E-state index contributed by atoms with van der Waals surface area (Å²) in [5.41, 5.74) is 2.89. The number of carbonyl (C=O) groups excluding carboxylic acids is 1. The summed E-state index contributed by atoms with van der Waals surface area (Å²) >= 11 is 13.6. The summed E-state index contributed by atoms with van der Waals surface area (Å²) in [4.78, 5) is 17.7. The van der Waals surface area contributed by atoms with Crippen molar-refractivity contribution in [3.8, 4) is 6.07 Å². The van der Waals surface area contributed by atoms with Crippen molar-refractivity contribution < 1.29 is 4.79 Å². The molecular formula is C23H19Cl2N3OS. The van der Waals surface area contributed by atoms with Crippen LogP contribution in [0.2, 0.25) is 10.0 Å². The fraction of sp³-hybridized carbons (Fsp3) is 0.174. The molecule has 3 aromatic rings. The standard InChI is InChI=1S/C23H19Cl2N3OS/c1-14(2)16-5-3-15(4-6-16)9-18(12-26)22(29)28-23-27-13-20(30-23)11-17-10-19(24)7-8-21(17)25/h3-10,13-14H,11H2,1-2H3,(H,27,28,29)/b18-9-. The van der Waals surface area contributed by atoms with Gasteiger partial charge in [0.25, 0.3) is 5.91 Å². The van der Waals surface area contributed by atoms with E-state index in [1.54, 1.807) is 24.4 Å². The highest BCUT2D eigenvalue weighted by Gasteiger charge is 2.13. The average molecular weight is 456 g/mol. The van der Waals surface area contributed by atoms with Crippen LogP contribution in [0.5, 0.6) is 0 Å². The number of amides is 1. The molecule has 152 valence electrons. The van der Waals surface area contributed by atoms with Crippen molar-refractivity contribution in [2.75, 3.05) is 5.32 Å². The Morgan fingerprint density at radius 3 is 2.63 bits per heavy atom. The Hall–Kier alpha value is -2.65. The molecule has 1 aromatic heterocycles. The Labute approximate surface area is 189 Å². The minimum absolute atomic E-state index is 0.0157. The van der Waals surface area contributed by atoms with Crippen molar-refractivity contribution in [1.29, 1.82) is 5.26 Å². The fourth-order valence-electron chi connectivity index (χ4n) is 2.77. The van der Waals surface area contributed by atoms with Crippen LogP contribution in [0.15, 0.2) is 54.2 Å². The SMILES string of the molecule is CC(C)c1ccc(/C=C(/C#N)C(=O)Nc2ncc(Cc3cc(Cl)ccc3Cl)s2)cc1. The summed E-state index contributed by atoms with van der Waals surface area (Å²) in [7, 11) is 0. The lowest BCUT2D eigenvalue weighted by atomic mass is 10.0. The summed E-state index contributed by atoms with van der Waals surface area (Å²) in [6.45, 7) is 4.23. The van der Waals surface area contributed by atoms with Gasteiger partial charge in [-0.1, -0.05) is 61.3 Å². The van der Waals surface area contributed by atoms with Crippen molar-refractivity contribution in [3.63, 3.8) is 0 Å². The topological polar surface area (TPSA) is 65.8 Å². The van der Waals surface area contributed by atoms with Gasteiger partial charge in [-0.2, -0.15) is 5.26 Å². The van der Waals surface area contributed by atoms with E-state index in [1.807, 2.05) is 36.4 Å². The molecule has 0 saturated heterocycles. The van der Waals surface area contributed by atoms with Crippen LogP contribution in [-0.2, 0) is 11.2 Å². The van der Waals surface area contributed by atoms with Gasteiger partial charge >= 0.3 is 0 Å². The number of hydrogen-bond donors (Lipinski definition) is 1. The Kier molecular flexibility index (Phi) is 7.28. The summed E-state index contributed by atoms with van der Waals surface area (Å²) in [5.74, 6) is -0.0743.